The molecule has 1 aromatic rings. The molecule has 1 aliphatic heterocycles. The molecule has 0 radical (unpaired) electrons. The highest BCUT2D eigenvalue weighted by Crippen LogP contribution is 2.41. The molecule has 1 atom stereocenters. The van der Waals surface area contributed by atoms with Crippen molar-refractivity contribution in [3.05, 3.63) is 56.9 Å². The summed E-state index contributed by atoms with van der Waals surface area (Å²) in [7, 11) is 0. The van der Waals surface area contributed by atoms with E-state index < -0.39 is 45.9 Å². The number of nitrogens with zero attached hydrogens (tertiary/aromatic N) is 2. The standard InChI is InChI=1S/C14H12F3N3O4/c1-7-11(20(23)24)12(19(8(2)21)13(22)18-7)9-5-3-4-6-10(9)14(15,16)17/h3-6,12H,1-2H3,(H,18,22)/t12-/m1/s1. The summed E-state index contributed by atoms with van der Waals surface area (Å²) in [5.74, 6) is -0.915. The van der Waals surface area contributed by atoms with E-state index in [0.29, 0.717) is 4.90 Å². The van der Waals surface area contributed by atoms with Crippen molar-refractivity contribution < 1.29 is 27.7 Å². The summed E-state index contributed by atoms with van der Waals surface area (Å²) in [6.45, 7) is 2.14. The van der Waals surface area contributed by atoms with Gasteiger partial charge in [0.25, 0.3) is 5.70 Å². The van der Waals surface area contributed by atoms with Crippen LogP contribution in [0.3, 0.4) is 0 Å². The minimum atomic E-state index is -4.80. The molecule has 1 heterocycles. The molecule has 0 saturated heterocycles. The second-order valence-corrected chi connectivity index (χ2v) is 5.07. The highest BCUT2D eigenvalue weighted by atomic mass is 19.4. The number of halogens is 3. The summed E-state index contributed by atoms with van der Waals surface area (Å²) in [4.78, 5) is 34.7. The number of amides is 3. The van der Waals surface area contributed by atoms with Gasteiger partial charge in [0.15, 0.2) is 6.04 Å². The van der Waals surface area contributed by atoms with E-state index in [1.165, 1.54) is 13.0 Å². The number of hydrogen-bond acceptors (Lipinski definition) is 4. The van der Waals surface area contributed by atoms with Crippen molar-refractivity contribution in [2.24, 2.45) is 0 Å². The zero-order chi connectivity index (χ0) is 18.2. The summed E-state index contributed by atoms with van der Waals surface area (Å²) in [5, 5.41) is 13.5. The smallest absolute Gasteiger partial charge is 0.305 e. The van der Waals surface area contributed by atoms with Crippen LogP contribution in [0.1, 0.15) is 31.0 Å². The van der Waals surface area contributed by atoms with Crippen molar-refractivity contribution in [1.82, 2.24) is 10.2 Å². The molecule has 1 aromatic carbocycles. The van der Waals surface area contributed by atoms with Crippen LogP contribution in [0.25, 0.3) is 0 Å². The second kappa shape index (κ2) is 5.95. The molecule has 0 saturated carbocycles. The van der Waals surface area contributed by atoms with E-state index in [1.807, 2.05) is 0 Å². The average molecular weight is 343 g/mol. The topological polar surface area (TPSA) is 92.6 Å². The molecule has 1 aliphatic rings. The first-order valence-electron chi connectivity index (χ1n) is 6.67. The normalized spacial score (nSPS) is 18.5. The van der Waals surface area contributed by atoms with Gasteiger partial charge in [-0.05, 0) is 18.6 Å². The molecule has 2 rings (SSSR count). The molecule has 7 nitrogen and oxygen atoms in total. The number of benzene rings is 1. The van der Waals surface area contributed by atoms with E-state index in [-0.39, 0.29) is 5.70 Å². The Morgan fingerprint density at radius 3 is 2.42 bits per heavy atom. The molecule has 1 N–H and O–H groups in total. The maximum atomic E-state index is 13.3. The summed E-state index contributed by atoms with van der Waals surface area (Å²) >= 11 is 0. The van der Waals surface area contributed by atoms with Gasteiger partial charge < -0.3 is 5.32 Å². The number of imide groups is 1. The van der Waals surface area contributed by atoms with Gasteiger partial charge in [0.1, 0.15) is 0 Å². The third-order valence-corrected chi connectivity index (χ3v) is 3.51. The molecule has 0 unspecified atom stereocenters. The van der Waals surface area contributed by atoms with Crippen molar-refractivity contribution >= 4 is 11.9 Å². The zero-order valence-corrected chi connectivity index (χ0v) is 12.5. The number of urea groups is 1. The molecule has 0 fully saturated rings. The summed E-state index contributed by atoms with van der Waals surface area (Å²) in [6.07, 6.45) is -4.80. The number of allylic oxidation sites excluding steroid dienone is 1. The summed E-state index contributed by atoms with van der Waals surface area (Å²) in [5.41, 5.74) is -2.60. The number of carbonyl (C=O) groups excluding carboxylic acids is 2. The van der Waals surface area contributed by atoms with Gasteiger partial charge in [-0.25, -0.2) is 9.69 Å². The largest absolute Gasteiger partial charge is 0.416 e. The number of carbonyl (C=O) groups is 2. The highest BCUT2D eigenvalue weighted by molar-refractivity contribution is 5.95. The monoisotopic (exact) mass is 343 g/mol. The van der Waals surface area contributed by atoms with E-state index in [1.54, 1.807) is 0 Å². The zero-order valence-electron chi connectivity index (χ0n) is 12.5. The van der Waals surface area contributed by atoms with Gasteiger partial charge in [0.2, 0.25) is 5.91 Å². The predicted octanol–water partition coefficient (Wildman–Crippen LogP) is 2.83. The van der Waals surface area contributed by atoms with Crippen molar-refractivity contribution in [1.29, 1.82) is 0 Å². The summed E-state index contributed by atoms with van der Waals surface area (Å²) < 4.78 is 39.8. The number of nitrogens with one attached hydrogen (secondary N) is 1. The van der Waals surface area contributed by atoms with E-state index >= 15 is 0 Å². The Bertz CT molecular complexity index is 758. The fourth-order valence-electron chi connectivity index (χ4n) is 2.57. The minimum absolute atomic E-state index is 0.218. The van der Waals surface area contributed by atoms with Gasteiger partial charge >= 0.3 is 12.2 Å². The van der Waals surface area contributed by atoms with Crippen LogP contribution in [-0.4, -0.2) is 21.8 Å². The molecular weight excluding hydrogens is 331 g/mol. The Kier molecular flexibility index (Phi) is 4.32. The van der Waals surface area contributed by atoms with Crippen molar-refractivity contribution in [3.63, 3.8) is 0 Å². The van der Waals surface area contributed by atoms with Crippen LogP contribution in [0.5, 0.6) is 0 Å². The molecule has 0 aromatic heterocycles. The number of rotatable bonds is 2. The molecule has 10 heteroatoms. The molecule has 0 bridgehead atoms. The fourth-order valence-corrected chi connectivity index (χ4v) is 2.57. The van der Waals surface area contributed by atoms with Crippen LogP contribution >= 0.6 is 0 Å². The van der Waals surface area contributed by atoms with Gasteiger partial charge in [0, 0.05) is 6.92 Å². The van der Waals surface area contributed by atoms with Gasteiger partial charge in [-0.3, -0.25) is 14.9 Å². The lowest BCUT2D eigenvalue weighted by Gasteiger charge is -2.33. The number of hydrogen-bond donors (Lipinski definition) is 1. The lowest BCUT2D eigenvalue weighted by molar-refractivity contribution is -0.435. The van der Waals surface area contributed by atoms with Gasteiger partial charge in [0.05, 0.1) is 16.2 Å². The minimum Gasteiger partial charge on any atom is -0.305 e. The maximum absolute atomic E-state index is 13.3. The van der Waals surface area contributed by atoms with Gasteiger partial charge in [-0.15, -0.1) is 0 Å². The molecule has 128 valence electrons. The van der Waals surface area contributed by atoms with E-state index in [4.69, 9.17) is 0 Å². The Hall–Kier alpha value is -2.91. The molecular formula is C14H12F3N3O4. The predicted molar refractivity (Wildman–Crippen MR) is 74.9 cm³/mol. The first-order valence-corrected chi connectivity index (χ1v) is 6.67. The van der Waals surface area contributed by atoms with Crippen molar-refractivity contribution in [2.75, 3.05) is 0 Å². The first kappa shape index (κ1) is 17.4. The van der Waals surface area contributed by atoms with E-state index in [2.05, 4.69) is 5.32 Å². The van der Waals surface area contributed by atoms with E-state index in [9.17, 15) is 32.9 Å². The Balaban J connectivity index is 2.80. The Morgan fingerprint density at radius 2 is 1.92 bits per heavy atom. The second-order valence-electron chi connectivity index (χ2n) is 5.07. The first-order chi connectivity index (χ1) is 11.1. The van der Waals surface area contributed by atoms with E-state index in [0.717, 1.165) is 25.1 Å². The van der Waals surface area contributed by atoms with Crippen LogP contribution in [0.4, 0.5) is 18.0 Å². The highest BCUT2D eigenvalue weighted by Gasteiger charge is 2.47. The van der Waals surface area contributed by atoms with Crippen LogP contribution in [-0.2, 0) is 11.0 Å². The van der Waals surface area contributed by atoms with Crippen LogP contribution < -0.4 is 5.32 Å². The molecule has 3 amide bonds. The Morgan fingerprint density at radius 1 is 1.33 bits per heavy atom. The maximum Gasteiger partial charge on any atom is 0.416 e. The molecule has 24 heavy (non-hydrogen) atoms. The van der Waals surface area contributed by atoms with Crippen LogP contribution in [0.15, 0.2) is 35.7 Å². The SMILES string of the molecule is CC(=O)N1C(=O)NC(C)=C([N+](=O)[O-])[C@H]1c1ccccc1C(F)(F)F. The number of nitro groups is 1. The quantitative estimate of drug-likeness (QED) is 0.660. The van der Waals surface area contributed by atoms with Gasteiger partial charge in [-0.2, -0.15) is 13.2 Å². The molecule has 0 aliphatic carbocycles. The third-order valence-electron chi connectivity index (χ3n) is 3.51. The fraction of sp³-hybridized carbons (Fsp3) is 0.286. The number of alkyl halides is 3. The van der Waals surface area contributed by atoms with Gasteiger partial charge in [-0.1, -0.05) is 18.2 Å². The van der Waals surface area contributed by atoms with Crippen LogP contribution in [0.2, 0.25) is 0 Å². The average Bonchev–Trinajstić information content (AvgIpc) is 2.44. The summed E-state index contributed by atoms with van der Waals surface area (Å²) in [6, 6.07) is 1.33. The third kappa shape index (κ3) is 2.94. The lowest BCUT2D eigenvalue weighted by atomic mass is 9.94. The lowest BCUT2D eigenvalue weighted by Crippen LogP contribution is -2.50. The van der Waals surface area contributed by atoms with Crippen molar-refractivity contribution in [3.8, 4) is 0 Å². The van der Waals surface area contributed by atoms with Crippen molar-refractivity contribution in [2.45, 2.75) is 26.1 Å². The van der Waals surface area contributed by atoms with Crippen LogP contribution in [0, 0.1) is 10.1 Å². The molecule has 0 spiro atoms. The Labute approximate surface area is 133 Å².